The third kappa shape index (κ3) is 4.13. The third-order valence-electron chi connectivity index (χ3n) is 3.17. The van der Waals surface area contributed by atoms with Gasteiger partial charge in [0.15, 0.2) is 0 Å². The Bertz CT molecular complexity index is 382. The molecule has 1 rings (SSSR count). The van der Waals surface area contributed by atoms with Crippen LogP contribution < -0.4 is 5.32 Å². The van der Waals surface area contributed by atoms with Gasteiger partial charge in [-0.05, 0) is 30.0 Å². The molecule has 0 saturated heterocycles. The summed E-state index contributed by atoms with van der Waals surface area (Å²) in [4.78, 5) is 0. The molecule has 18 heavy (non-hydrogen) atoms. The van der Waals surface area contributed by atoms with E-state index >= 15 is 0 Å². The zero-order chi connectivity index (χ0) is 13.7. The Hall–Kier alpha value is -0.280. The second kappa shape index (κ2) is 7.34. The van der Waals surface area contributed by atoms with Crippen LogP contribution in [0.2, 0.25) is 10.0 Å². The maximum absolute atomic E-state index is 9.38. The molecule has 1 unspecified atom stereocenters. The van der Waals surface area contributed by atoms with Crippen LogP contribution >= 0.6 is 23.2 Å². The second-order valence-electron chi connectivity index (χ2n) is 4.83. The third-order valence-corrected chi connectivity index (χ3v) is 3.91. The van der Waals surface area contributed by atoms with Crippen molar-refractivity contribution in [1.82, 2.24) is 5.32 Å². The average molecular weight is 290 g/mol. The Morgan fingerprint density at radius 3 is 2.33 bits per heavy atom. The lowest BCUT2D eigenvalue weighted by molar-refractivity contribution is 0.198. The fourth-order valence-corrected chi connectivity index (χ4v) is 2.20. The number of nitrogens with one attached hydrogen (secondary N) is 1. The molecule has 2 atom stereocenters. The second-order valence-corrected chi connectivity index (χ2v) is 5.65. The molecule has 0 aromatic heterocycles. The summed E-state index contributed by atoms with van der Waals surface area (Å²) >= 11 is 12.0. The van der Waals surface area contributed by atoms with Crippen molar-refractivity contribution in [2.75, 3.05) is 6.61 Å². The molecule has 1 aromatic carbocycles. The van der Waals surface area contributed by atoms with Crippen molar-refractivity contribution in [3.63, 3.8) is 0 Å². The molecule has 0 aliphatic carbocycles. The highest BCUT2D eigenvalue weighted by atomic mass is 35.5. The molecule has 0 aliphatic heterocycles. The average Bonchev–Trinajstić information content (AvgIpc) is 2.34. The van der Waals surface area contributed by atoms with Crippen LogP contribution in [0.15, 0.2) is 18.2 Å². The van der Waals surface area contributed by atoms with Crippen LogP contribution in [-0.4, -0.2) is 17.8 Å². The number of aliphatic hydroxyl groups excluding tert-OH is 1. The Kier molecular flexibility index (Phi) is 6.44. The molecule has 2 N–H and O–H groups in total. The Labute approximate surface area is 119 Å². The highest BCUT2D eigenvalue weighted by Gasteiger charge is 2.18. The van der Waals surface area contributed by atoms with E-state index in [4.69, 9.17) is 23.2 Å². The van der Waals surface area contributed by atoms with Gasteiger partial charge in [-0.25, -0.2) is 0 Å². The number of hydrogen-bond acceptors (Lipinski definition) is 2. The maximum atomic E-state index is 9.38. The summed E-state index contributed by atoms with van der Waals surface area (Å²) in [6, 6.07) is 5.94. The smallest absolute Gasteiger partial charge is 0.0595 e. The van der Waals surface area contributed by atoms with Crippen LogP contribution in [0, 0.1) is 5.92 Å². The van der Waals surface area contributed by atoms with Gasteiger partial charge in [-0.3, -0.25) is 0 Å². The number of halogens is 2. The fraction of sp³-hybridized carbons (Fsp3) is 0.571. The van der Waals surface area contributed by atoms with E-state index in [9.17, 15) is 5.11 Å². The first-order valence-electron chi connectivity index (χ1n) is 6.31. The van der Waals surface area contributed by atoms with E-state index in [2.05, 4.69) is 26.1 Å². The van der Waals surface area contributed by atoms with E-state index in [1.54, 1.807) is 0 Å². The van der Waals surface area contributed by atoms with Gasteiger partial charge in [0.1, 0.15) is 0 Å². The lowest BCUT2D eigenvalue weighted by Crippen LogP contribution is -2.39. The van der Waals surface area contributed by atoms with Crippen LogP contribution in [-0.2, 0) is 0 Å². The standard InChI is InChI=1S/C14H21Cl2NO/c1-4-13(17-14(8-18)9(2)3)10-5-6-11(15)12(16)7-10/h5-7,9,13-14,17-18H,4,8H2,1-3H3/t13?,14-/m1/s1. The van der Waals surface area contributed by atoms with Gasteiger partial charge >= 0.3 is 0 Å². The highest BCUT2D eigenvalue weighted by Crippen LogP contribution is 2.27. The van der Waals surface area contributed by atoms with Crippen LogP contribution in [0.1, 0.15) is 38.8 Å². The van der Waals surface area contributed by atoms with Crippen molar-refractivity contribution in [2.45, 2.75) is 39.3 Å². The summed E-state index contributed by atoms with van der Waals surface area (Å²) in [6.07, 6.45) is 0.932. The van der Waals surface area contributed by atoms with Crippen molar-refractivity contribution in [3.05, 3.63) is 33.8 Å². The van der Waals surface area contributed by atoms with Gasteiger partial charge in [-0.2, -0.15) is 0 Å². The largest absolute Gasteiger partial charge is 0.395 e. The molecule has 0 fully saturated rings. The van der Waals surface area contributed by atoms with E-state index in [0.29, 0.717) is 16.0 Å². The molecule has 102 valence electrons. The van der Waals surface area contributed by atoms with E-state index in [1.165, 1.54) is 0 Å². The first-order valence-corrected chi connectivity index (χ1v) is 7.07. The van der Waals surface area contributed by atoms with Gasteiger partial charge in [-0.15, -0.1) is 0 Å². The van der Waals surface area contributed by atoms with Crippen molar-refractivity contribution >= 4 is 23.2 Å². The van der Waals surface area contributed by atoms with E-state index in [0.717, 1.165) is 12.0 Å². The zero-order valence-electron chi connectivity index (χ0n) is 11.1. The molecular weight excluding hydrogens is 269 g/mol. The van der Waals surface area contributed by atoms with Crippen molar-refractivity contribution < 1.29 is 5.11 Å². The SMILES string of the molecule is CCC(N[C@H](CO)C(C)C)c1ccc(Cl)c(Cl)c1. The fourth-order valence-electron chi connectivity index (χ4n) is 1.89. The summed E-state index contributed by atoms with van der Waals surface area (Å²) in [5.41, 5.74) is 1.10. The molecule has 4 heteroatoms. The Morgan fingerprint density at radius 2 is 1.89 bits per heavy atom. The van der Waals surface area contributed by atoms with E-state index < -0.39 is 0 Å². The molecule has 0 amide bonds. The summed E-state index contributed by atoms with van der Waals surface area (Å²) in [6.45, 7) is 6.43. The van der Waals surface area contributed by atoms with Gasteiger partial charge < -0.3 is 10.4 Å². The van der Waals surface area contributed by atoms with Crippen LogP contribution in [0.3, 0.4) is 0 Å². The molecule has 0 spiro atoms. The van der Waals surface area contributed by atoms with Gasteiger partial charge in [0.2, 0.25) is 0 Å². The van der Waals surface area contributed by atoms with Crippen LogP contribution in [0.5, 0.6) is 0 Å². The molecule has 2 nitrogen and oxygen atoms in total. The zero-order valence-corrected chi connectivity index (χ0v) is 12.6. The summed E-state index contributed by atoms with van der Waals surface area (Å²) in [7, 11) is 0. The lowest BCUT2D eigenvalue weighted by atomic mass is 9.99. The molecular formula is C14H21Cl2NO. The number of aliphatic hydroxyl groups is 1. The quantitative estimate of drug-likeness (QED) is 0.828. The van der Waals surface area contributed by atoms with Crippen molar-refractivity contribution in [2.24, 2.45) is 5.92 Å². The predicted octanol–water partition coefficient (Wildman–Crippen LogP) is 4.05. The summed E-state index contributed by atoms with van der Waals surface area (Å²) in [5, 5.41) is 14.0. The number of rotatable bonds is 6. The molecule has 0 heterocycles. The topological polar surface area (TPSA) is 32.3 Å². The lowest BCUT2D eigenvalue weighted by Gasteiger charge is -2.27. The first-order chi connectivity index (χ1) is 8.49. The molecule has 0 saturated carbocycles. The van der Waals surface area contributed by atoms with Gasteiger partial charge in [0.05, 0.1) is 16.7 Å². The predicted molar refractivity (Wildman–Crippen MR) is 78.3 cm³/mol. The highest BCUT2D eigenvalue weighted by molar-refractivity contribution is 6.42. The Balaban J connectivity index is 2.85. The van der Waals surface area contributed by atoms with E-state index in [-0.39, 0.29) is 18.7 Å². The molecule has 0 aliphatic rings. The van der Waals surface area contributed by atoms with Crippen LogP contribution in [0.25, 0.3) is 0 Å². The summed E-state index contributed by atoms with van der Waals surface area (Å²) < 4.78 is 0. The van der Waals surface area contributed by atoms with Crippen molar-refractivity contribution in [3.8, 4) is 0 Å². The number of benzene rings is 1. The van der Waals surface area contributed by atoms with Crippen molar-refractivity contribution in [1.29, 1.82) is 0 Å². The van der Waals surface area contributed by atoms with E-state index in [1.807, 2.05) is 18.2 Å². The minimum Gasteiger partial charge on any atom is -0.395 e. The molecule has 0 radical (unpaired) electrons. The van der Waals surface area contributed by atoms with Gasteiger partial charge in [0.25, 0.3) is 0 Å². The Morgan fingerprint density at radius 1 is 1.22 bits per heavy atom. The molecule has 0 bridgehead atoms. The first kappa shape index (κ1) is 15.8. The van der Waals surface area contributed by atoms with Crippen LogP contribution in [0.4, 0.5) is 0 Å². The molecule has 1 aromatic rings. The normalized spacial score (nSPS) is 14.8. The maximum Gasteiger partial charge on any atom is 0.0595 e. The van der Waals surface area contributed by atoms with Gasteiger partial charge in [-0.1, -0.05) is 50.0 Å². The number of hydrogen-bond donors (Lipinski definition) is 2. The monoisotopic (exact) mass is 289 g/mol. The minimum absolute atomic E-state index is 0.0874. The van der Waals surface area contributed by atoms with Gasteiger partial charge in [0, 0.05) is 12.1 Å². The summed E-state index contributed by atoms with van der Waals surface area (Å²) in [5.74, 6) is 0.381. The minimum atomic E-state index is 0.0874.